The van der Waals surface area contributed by atoms with Gasteiger partial charge in [-0.2, -0.15) is 0 Å². The molecule has 0 atom stereocenters. The Kier molecular flexibility index (Phi) is 2.85. The molecule has 114 valence electrons. The van der Waals surface area contributed by atoms with Gasteiger partial charge in [-0.05, 0) is 18.2 Å². The molecule has 1 aliphatic rings. The molecule has 2 N–H and O–H groups in total. The van der Waals surface area contributed by atoms with Gasteiger partial charge in [-0.1, -0.05) is 23.7 Å². The average molecular weight is 328 g/mol. The van der Waals surface area contributed by atoms with E-state index in [9.17, 15) is 9.59 Å². The third-order valence-corrected chi connectivity index (χ3v) is 3.95. The maximum absolute atomic E-state index is 12.4. The normalized spacial score (nSPS) is 13.9. The average Bonchev–Trinajstić information content (AvgIpc) is 3.03. The van der Waals surface area contributed by atoms with Crippen molar-refractivity contribution in [3.8, 4) is 0 Å². The summed E-state index contributed by atoms with van der Waals surface area (Å²) < 4.78 is 1.58. The predicted molar refractivity (Wildman–Crippen MR) is 83.1 cm³/mol. The Labute approximate surface area is 135 Å². The van der Waals surface area contributed by atoms with E-state index in [2.05, 4.69) is 10.2 Å². The molecule has 0 saturated carbocycles. The van der Waals surface area contributed by atoms with Crippen LogP contribution in [0.3, 0.4) is 0 Å². The summed E-state index contributed by atoms with van der Waals surface area (Å²) in [7, 11) is 0. The number of fused-ring (bicyclic) bond motifs is 2. The number of nitrogens with zero attached hydrogens (tertiary/aromatic N) is 4. The van der Waals surface area contributed by atoms with E-state index >= 15 is 0 Å². The van der Waals surface area contributed by atoms with Gasteiger partial charge < -0.3 is 5.73 Å². The number of rotatable bonds is 2. The number of carbonyl (C=O) groups excluding carboxylic acids is 2. The molecular weight excluding hydrogens is 318 g/mol. The van der Waals surface area contributed by atoms with Crippen LogP contribution in [0.4, 0.5) is 5.69 Å². The molecule has 3 heterocycles. The van der Waals surface area contributed by atoms with Crippen LogP contribution >= 0.6 is 11.6 Å². The molecule has 4 rings (SSSR count). The molecule has 0 unspecified atom stereocenters. The predicted octanol–water partition coefficient (Wildman–Crippen LogP) is 1.76. The number of carbonyl (C=O) groups is 2. The molecule has 2 amide bonds. The number of halogens is 1. The van der Waals surface area contributed by atoms with Crippen molar-refractivity contribution in [3.05, 3.63) is 58.5 Å². The van der Waals surface area contributed by atoms with Crippen LogP contribution in [0.15, 0.2) is 36.5 Å². The number of pyridine rings is 1. The molecule has 1 aliphatic heterocycles. The molecule has 0 spiro atoms. The van der Waals surface area contributed by atoms with E-state index < -0.39 is 0 Å². The number of aromatic nitrogens is 3. The van der Waals surface area contributed by atoms with E-state index in [1.807, 2.05) is 0 Å². The summed E-state index contributed by atoms with van der Waals surface area (Å²) in [6, 6.07) is 8.27. The fraction of sp³-hybridized carbons (Fsp3) is 0.0667. The highest BCUT2D eigenvalue weighted by Gasteiger charge is 2.35. The number of nitrogens with two attached hydrogens (primary N) is 1. The molecule has 0 fully saturated rings. The number of anilines is 1. The van der Waals surface area contributed by atoms with Crippen molar-refractivity contribution in [1.29, 1.82) is 0 Å². The zero-order chi connectivity index (χ0) is 16.1. The maximum atomic E-state index is 12.4. The van der Waals surface area contributed by atoms with Crippen molar-refractivity contribution >= 4 is 34.7 Å². The topological polar surface area (TPSA) is 93.6 Å². The quantitative estimate of drug-likeness (QED) is 0.724. The number of hydrogen-bond donors (Lipinski definition) is 1. The van der Waals surface area contributed by atoms with Crippen molar-refractivity contribution in [1.82, 2.24) is 19.5 Å². The Hall–Kier alpha value is -2.93. The first-order valence-electron chi connectivity index (χ1n) is 6.80. The Bertz CT molecular complexity index is 946. The Balaban J connectivity index is 1.75. The minimum atomic E-state index is -0.350. The Morgan fingerprint density at radius 3 is 2.39 bits per heavy atom. The summed E-state index contributed by atoms with van der Waals surface area (Å²) in [6.07, 6.45) is 1.60. The van der Waals surface area contributed by atoms with Gasteiger partial charge in [-0.15, -0.1) is 10.2 Å². The van der Waals surface area contributed by atoms with Crippen LogP contribution in [-0.2, 0) is 6.54 Å². The van der Waals surface area contributed by atoms with Crippen molar-refractivity contribution in [2.45, 2.75) is 6.54 Å². The van der Waals surface area contributed by atoms with Gasteiger partial charge in [0.25, 0.3) is 11.8 Å². The largest absolute Gasteiger partial charge is 0.396 e. The first-order valence-corrected chi connectivity index (χ1v) is 7.18. The number of nitrogen functional groups attached to an aromatic ring is 1. The lowest BCUT2D eigenvalue weighted by atomic mass is 10.1. The molecule has 0 bridgehead atoms. The standard InChI is InChI=1S/C15H10ClN5O2/c16-8-5-11(17)13-19-18-12(20(13)6-8)7-21-14(22)9-3-1-2-4-10(9)15(21)23/h1-6H,7,17H2. The second-order valence-electron chi connectivity index (χ2n) is 5.17. The summed E-state index contributed by atoms with van der Waals surface area (Å²) in [5.41, 5.74) is 7.44. The first-order chi connectivity index (χ1) is 11.1. The maximum Gasteiger partial charge on any atom is 0.261 e. The number of amides is 2. The zero-order valence-electron chi connectivity index (χ0n) is 11.7. The zero-order valence-corrected chi connectivity index (χ0v) is 12.5. The van der Waals surface area contributed by atoms with Gasteiger partial charge in [0.05, 0.1) is 28.4 Å². The van der Waals surface area contributed by atoms with E-state index in [-0.39, 0.29) is 18.4 Å². The van der Waals surface area contributed by atoms with Crippen LogP contribution in [-0.4, -0.2) is 31.3 Å². The second-order valence-corrected chi connectivity index (χ2v) is 5.60. The minimum Gasteiger partial charge on any atom is -0.396 e. The van der Waals surface area contributed by atoms with E-state index in [0.717, 1.165) is 4.90 Å². The van der Waals surface area contributed by atoms with E-state index in [0.29, 0.717) is 33.3 Å². The minimum absolute atomic E-state index is 0.00665. The number of benzene rings is 1. The summed E-state index contributed by atoms with van der Waals surface area (Å²) in [5, 5.41) is 8.42. The SMILES string of the molecule is Nc1cc(Cl)cn2c(CN3C(=O)c4ccccc4C3=O)nnc12. The molecule has 3 aromatic rings. The molecular formula is C15H10ClN5O2. The summed E-state index contributed by atoms with van der Waals surface area (Å²) in [5.74, 6) is -0.293. The lowest BCUT2D eigenvalue weighted by molar-refractivity contribution is 0.0638. The molecule has 2 aromatic heterocycles. The molecule has 23 heavy (non-hydrogen) atoms. The third-order valence-electron chi connectivity index (χ3n) is 3.75. The lowest BCUT2D eigenvalue weighted by Crippen LogP contribution is -2.30. The van der Waals surface area contributed by atoms with Gasteiger partial charge in [0.1, 0.15) is 0 Å². The van der Waals surface area contributed by atoms with Gasteiger partial charge >= 0.3 is 0 Å². The number of hydrogen-bond acceptors (Lipinski definition) is 5. The van der Waals surface area contributed by atoms with E-state index in [1.54, 1.807) is 40.9 Å². The molecule has 8 heteroatoms. The summed E-state index contributed by atoms with van der Waals surface area (Å²) in [6.45, 7) is -0.00665. The molecule has 0 aliphatic carbocycles. The van der Waals surface area contributed by atoms with Gasteiger partial charge in [0.2, 0.25) is 0 Å². The van der Waals surface area contributed by atoms with Crippen LogP contribution in [0.25, 0.3) is 5.65 Å². The summed E-state index contributed by atoms with van der Waals surface area (Å²) >= 11 is 6.00. The monoisotopic (exact) mass is 327 g/mol. The van der Waals surface area contributed by atoms with Crippen LogP contribution in [0.2, 0.25) is 5.02 Å². The first kappa shape index (κ1) is 13.7. The highest BCUT2D eigenvalue weighted by molar-refractivity contribution is 6.30. The fourth-order valence-electron chi connectivity index (χ4n) is 2.66. The van der Waals surface area contributed by atoms with Crippen molar-refractivity contribution in [2.24, 2.45) is 0 Å². The molecule has 0 radical (unpaired) electrons. The molecule has 0 saturated heterocycles. The van der Waals surface area contributed by atoms with Gasteiger partial charge in [-0.3, -0.25) is 18.9 Å². The van der Waals surface area contributed by atoms with Crippen molar-refractivity contribution < 1.29 is 9.59 Å². The number of imide groups is 1. The fourth-order valence-corrected chi connectivity index (χ4v) is 2.88. The van der Waals surface area contributed by atoms with Crippen molar-refractivity contribution in [2.75, 3.05) is 5.73 Å². The van der Waals surface area contributed by atoms with Gasteiger partial charge in [-0.25, -0.2) is 0 Å². The Morgan fingerprint density at radius 1 is 1.09 bits per heavy atom. The van der Waals surface area contributed by atoms with Crippen LogP contribution < -0.4 is 5.73 Å². The van der Waals surface area contributed by atoms with E-state index in [1.165, 1.54) is 0 Å². The van der Waals surface area contributed by atoms with Crippen LogP contribution in [0.1, 0.15) is 26.5 Å². The van der Waals surface area contributed by atoms with Crippen molar-refractivity contribution in [3.63, 3.8) is 0 Å². The van der Waals surface area contributed by atoms with Gasteiger partial charge in [0.15, 0.2) is 11.5 Å². The second kappa shape index (κ2) is 4.79. The molecule has 7 nitrogen and oxygen atoms in total. The molecule has 1 aromatic carbocycles. The van der Waals surface area contributed by atoms with Crippen LogP contribution in [0, 0.1) is 0 Å². The van der Waals surface area contributed by atoms with Crippen LogP contribution in [0.5, 0.6) is 0 Å². The van der Waals surface area contributed by atoms with E-state index in [4.69, 9.17) is 17.3 Å². The lowest BCUT2D eigenvalue weighted by Gasteiger charge is -2.12. The third kappa shape index (κ3) is 1.97. The smallest absolute Gasteiger partial charge is 0.261 e. The highest BCUT2D eigenvalue weighted by atomic mass is 35.5. The van der Waals surface area contributed by atoms with Gasteiger partial charge in [0, 0.05) is 6.20 Å². The highest BCUT2D eigenvalue weighted by Crippen LogP contribution is 2.25. The summed E-state index contributed by atoms with van der Waals surface area (Å²) in [4.78, 5) is 25.9. The Morgan fingerprint density at radius 2 is 1.74 bits per heavy atom.